The minimum atomic E-state index is -0.812. The molecule has 4 rings (SSSR count). The number of amides is 5. The maximum absolute atomic E-state index is 12.5. The molecule has 31 heavy (non-hydrogen) atoms. The van der Waals surface area contributed by atoms with Crippen molar-refractivity contribution in [3.8, 4) is 5.75 Å². The summed E-state index contributed by atoms with van der Waals surface area (Å²) in [6, 6.07) is 12.8. The van der Waals surface area contributed by atoms with Crippen LogP contribution in [0.2, 0.25) is 0 Å². The Balaban J connectivity index is 1.35. The largest absolute Gasteiger partial charge is 0.495 e. The SMILES string of the molecule is COc1ccccc1NC(=O)c1ccc(NC(=O)CN2C(=O)NC3(CCC3)C2=O)cc1. The fraction of sp³-hybridized carbons (Fsp3) is 0.273. The Labute approximate surface area is 178 Å². The number of carbonyl (C=O) groups excluding carboxylic acids is 4. The van der Waals surface area contributed by atoms with Crippen molar-refractivity contribution in [3.05, 3.63) is 54.1 Å². The highest BCUT2D eigenvalue weighted by Crippen LogP contribution is 2.37. The number of ether oxygens (including phenoxy) is 1. The molecular weight excluding hydrogens is 400 g/mol. The molecule has 1 aliphatic heterocycles. The molecule has 1 saturated heterocycles. The van der Waals surface area contributed by atoms with E-state index in [4.69, 9.17) is 4.74 Å². The first-order chi connectivity index (χ1) is 14.9. The second-order valence-corrected chi connectivity index (χ2v) is 7.54. The molecule has 2 aromatic carbocycles. The summed E-state index contributed by atoms with van der Waals surface area (Å²) < 4.78 is 5.22. The van der Waals surface area contributed by atoms with Gasteiger partial charge in [0.2, 0.25) is 5.91 Å². The molecule has 0 bridgehead atoms. The molecule has 1 spiro atoms. The second-order valence-electron chi connectivity index (χ2n) is 7.54. The van der Waals surface area contributed by atoms with Gasteiger partial charge in [-0.05, 0) is 55.7 Å². The van der Waals surface area contributed by atoms with Crippen molar-refractivity contribution in [2.75, 3.05) is 24.3 Å². The molecule has 9 nitrogen and oxygen atoms in total. The van der Waals surface area contributed by atoms with Crippen molar-refractivity contribution < 1.29 is 23.9 Å². The van der Waals surface area contributed by atoms with Crippen LogP contribution < -0.4 is 20.7 Å². The van der Waals surface area contributed by atoms with E-state index in [-0.39, 0.29) is 18.4 Å². The topological polar surface area (TPSA) is 117 Å². The molecule has 0 aromatic heterocycles. The summed E-state index contributed by atoms with van der Waals surface area (Å²) in [6.07, 6.45) is 2.09. The van der Waals surface area contributed by atoms with Crippen LogP contribution >= 0.6 is 0 Å². The number of urea groups is 1. The minimum Gasteiger partial charge on any atom is -0.495 e. The first kappa shape index (κ1) is 20.4. The maximum Gasteiger partial charge on any atom is 0.325 e. The zero-order valence-electron chi connectivity index (χ0n) is 16.9. The van der Waals surface area contributed by atoms with Gasteiger partial charge in [-0.15, -0.1) is 0 Å². The Bertz CT molecular complexity index is 1050. The van der Waals surface area contributed by atoms with Crippen molar-refractivity contribution in [2.24, 2.45) is 0 Å². The van der Waals surface area contributed by atoms with Crippen LogP contribution in [-0.2, 0) is 9.59 Å². The van der Waals surface area contributed by atoms with Crippen LogP contribution in [0.3, 0.4) is 0 Å². The average molecular weight is 422 g/mol. The molecular formula is C22H22N4O5. The lowest BCUT2D eigenvalue weighted by Gasteiger charge is -2.34. The lowest BCUT2D eigenvalue weighted by molar-refractivity contribution is -0.136. The number of hydrogen-bond acceptors (Lipinski definition) is 5. The maximum atomic E-state index is 12.5. The predicted molar refractivity (Wildman–Crippen MR) is 113 cm³/mol. The molecule has 2 aliphatic rings. The molecule has 2 fully saturated rings. The molecule has 1 saturated carbocycles. The molecule has 9 heteroatoms. The number of carbonyl (C=O) groups is 4. The fourth-order valence-corrected chi connectivity index (χ4v) is 3.68. The number of hydrogen-bond donors (Lipinski definition) is 3. The Morgan fingerprint density at radius 3 is 2.39 bits per heavy atom. The van der Waals surface area contributed by atoms with Gasteiger partial charge in [0.25, 0.3) is 11.8 Å². The molecule has 3 N–H and O–H groups in total. The smallest absolute Gasteiger partial charge is 0.325 e. The fourth-order valence-electron chi connectivity index (χ4n) is 3.68. The summed E-state index contributed by atoms with van der Waals surface area (Å²) in [7, 11) is 1.52. The highest BCUT2D eigenvalue weighted by atomic mass is 16.5. The molecule has 5 amide bonds. The van der Waals surface area contributed by atoms with Crippen molar-refractivity contribution in [2.45, 2.75) is 24.8 Å². The van der Waals surface area contributed by atoms with E-state index in [1.807, 2.05) is 0 Å². The van der Waals surface area contributed by atoms with E-state index >= 15 is 0 Å². The second kappa shape index (κ2) is 8.10. The third kappa shape index (κ3) is 3.94. The quantitative estimate of drug-likeness (QED) is 0.618. The van der Waals surface area contributed by atoms with Gasteiger partial charge in [-0.25, -0.2) is 4.79 Å². The van der Waals surface area contributed by atoms with Gasteiger partial charge < -0.3 is 20.7 Å². The average Bonchev–Trinajstić information content (AvgIpc) is 2.99. The molecule has 2 aromatic rings. The summed E-state index contributed by atoms with van der Waals surface area (Å²) in [5.41, 5.74) is 0.577. The predicted octanol–water partition coefficient (Wildman–Crippen LogP) is 2.36. The normalized spacial score (nSPS) is 16.5. The van der Waals surface area contributed by atoms with Gasteiger partial charge in [0.15, 0.2) is 0 Å². The molecule has 0 unspecified atom stereocenters. The first-order valence-corrected chi connectivity index (χ1v) is 9.90. The van der Waals surface area contributed by atoms with Crippen LogP contribution in [0.25, 0.3) is 0 Å². The van der Waals surface area contributed by atoms with E-state index in [9.17, 15) is 19.2 Å². The third-order valence-corrected chi connectivity index (χ3v) is 5.54. The Morgan fingerprint density at radius 2 is 1.77 bits per heavy atom. The Kier molecular flexibility index (Phi) is 5.33. The number of nitrogens with one attached hydrogen (secondary N) is 3. The van der Waals surface area contributed by atoms with Crippen LogP contribution in [0.1, 0.15) is 29.6 Å². The molecule has 0 radical (unpaired) electrons. The highest BCUT2D eigenvalue weighted by Gasteiger charge is 2.54. The van der Waals surface area contributed by atoms with Gasteiger partial charge in [-0.3, -0.25) is 19.3 Å². The van der Waals surface area contributed by atoms with Crippen LogP contribution in [0.4, 0.5) is 16.2 Å². The zero-order chi connectivity index (χ0) is 22.0. The Morgan fingerprint density at radius 1 is 1.06 bits per heavy atom. The summed E-state index contributed by atoms with van der Waals surface area (Å²) in [5, 5.41) is 8.11. The van der Waals surface area contributed by atoms with Crippen LogP contribution in [0, 0.1) is 0 Å². The minimum absolute atomic E-state index is 0.326. The Hall–Kier alpha value is -3.88. The number of anilines is 2. The molecule has 1 aliphatic carbocycles. The lowest BCUT2D eigenvalue weighted by atomic mass is 9.77. The van der Waals surface area contributed by atoms with Gasteiger partial charge in [-0.2, -0.15) is 0 Å². The zero-order valence-corrected chi connectivity index (χ0v) is 16.9. The van der Waals surface area contributed by atoms with Gasteiger partial charge in [0, 0.05) is 11.3 Å². The highest BCUT2D eigenvalue weighted by molar-refractivity contribution is 6.10. The number of para-hydroxylation sites is 2. The third-order valence-electron chi connectivity index (χ3n) is 5.54. The van der Waals surface area contributed by atoms with Gasteiger partial charge in [0.05, 0.1) is 12.8 Å². The molecule has 1 heterocycles. The van der Waals surface area contributed by atoms with Gasteiger partial charge in [-0.1, -0.05) is 12.1 Å². The number of imide groups is 1. The van der Waals surface area contributed by atoms with Gasteiger partial charge in [0.1, 0.15) is 17.8 Å². The van der Waals surface area contributed by atoms with E-state index < -0.39 is 17.5 Å². The number of benzene rings is 2. The summed E-state index contributed by atoms with van der Waals surface area (Å²) in [5.74, 6) is -0.621. The summed E-state index contributed by atoms with van der Waals surface area (Å²) in [4.78, 5) is 50.2. The molecule has 0 atom stereocenters. The van der Waals surface area contributed by atoms with E-state index in [2.05, 4.69) is 16.0 Å². The lowest BCUT2D eigenvalue weighted by Crippen LogP contribution is -2.52. The summed E-state index contributed by atoms with van der Waals surface area (Å²) in [6.45, 7) is -0.359. The van der Waals surface area contributed by atoms with E-state index in [0.29, 0.717) is 35.5 Å². The standard InChI is InChI=1S/C22H22N4O5/c1-31-17-6-3-2-5-16(17)24-19(28)14-7-9-15(10-8-14)23-18(27)13-26-20(29)22(11-4-12-22)25-21(26)30/h2-3,5-10H,4,11-13H2,1H3,(H,23,27)(H,24,28)(H,25,30). The number of methoxy groups -OCH3 is 1. The van der Waals surface area contributed by atoms with Crippen molar-refractivity contribution in [1.82, 2.24) is 10.2 Å². The first-order valence-electron chi connectivity index (χ1n) is 9.90. The van der Waals surface area contributed by atoms with Crippen molar-refractivity contribution in [3.63, 3.8) is 0 Å². The summed E-state index contributed by atoms with van der Waals surface area (Å²) >= 11 is 0. The van der Waals surface area contributed by atoms with Crippen LogP contribution in [-0.4, -0.2) is 47.8 Å². The molecule has 160 valence electrons. The van der Waals surface area contributed by atoms with E-state index in [0.717, 1.165) is 11.3 Å². The van der Waals surface area contributed by atoms with Gasteiger partial charge >= 0.3 is 6.03 Å². The van der Waals surface area contributed by atoms with E-state index in [1.54, 1.807) is 48.5 Å². The van der Waals surface area contributed by atoms with Crippen LogP contribution in [0.5, 0.6) is 5.75 Å². The monoisotopic (exact) mass is 422 g/mol. The van der Waals surface area contributed by atoms with E-state index in [1.165, 1.54) is 7.11 Å². The number of nitrogens with zero attached hydrogens (tertiary/aromatic N) is 1. The van der Waals surface area contributed by atoms with Crippen molar-refractivity contribution in [1.29, 1.82) is 0 Å². The van der Waals surface area contributed by atoms with Crippen molar-refractivity contribution >= 4 is 35.1 Å². The van der Waals surface area contributed by atoms with Crippen LogP contribution in [0.15, 0.2) is 48.5 Å². The number of rotatable bonds is 6.